The highest BCUT2D eigenvalue weighted by Crippen LogP contribution is 2.08. The Morgan fingerprint density at radius 2 is 1.85 bits per heavy atom. The van der Waals surface area contributed by atoms with Crippen molar-refractivity contribution < 1.29 is 13.2 Å². The maximum Gasteiger partial charge on any atom is 0.277 e. The number of halogens is 1. The quantitative estimate of drug-likeness (QED) is 0.694. The molecular weight excluding hydrogens is 302 g/mol. The van der Waals surface area contributed by atoms with Gasteiger partial charge in [-0.3, -0.25) is 4.79 Å². The lowest BCUT2D eigenvalue weighted by molar-refractivity contribution is -0.120. The first-order chi connectivity index (χ1) is 9.28. The van der Waals surface area contributed by atoms with Crippen LogP contribution in [0.3, 0.4) is 0 Å². The predicted octanol–water partition coefficient (Wildman–Crippen LogP) is 0.789. The van der Waals surface area contributed by atoms with E-state index in [0.29, 0.717) is 11.6 Å². The van der Waals surface area contributed by atoms with Crippen molar-refractivity contribution in [2.24, 2.45) is 0 Å². The van der Waals surface area contributed by atoms with Crippen LogP contribution < -0.4 is 14.8 Å². The van der Waals surface area contributed by atoms with Gasteiger partial charge in [0.25, 0.3) is 10.2 Å². The van der Waals surface area contributed by atoms with E-state index in [4.69, 9.17) is 11.6 Å². The summed E-state index contributed by atoms with van der Waals surface area (Å²) in [6.45, 7) is 3.39. The molecule has 8 heteroatoms. The van der Waals surface area contributed by atoms with Gasteiger partial charge in [-0.25, -0.2) is 0 Å². The molecule has 0 aliphatic rings. The highest BCUT2D eigenvalue weighted by atomic mass is 35.5. The molecule has 6 nitrogen and oxygen atoms in total. The molecule has 0 saturated heterocycles. The topological polar surface area (TPSA) is 87.3 Å². The van der Waals surface area contributed by atoms with E-state index >= 15 is 0 Å². The van der Waals surface area contributed by atoms with Crippen molar-refractivity contribution in [2.75, 3.05) is 6.54 Å². The van der Waals surface area contributed by atoms with Crippen LogP contribution in [0.25, 0.3) is 0 Å². The summed E-state index contributed by atoms with van der Waals surface area (Å²) in [7, 11) is -3.64. The molecule has 0 bridgehead atoms. The van der Waals surface area contributed by atoms with Crippen molar-refractivity contribution in [2.45, 2.75) is 26.4 Å². The van der Waals surface area contributed by atoms with Gasteiger partial charge in [0.15, 0.2) is 0 Å². The van der Waals surface area contributed by atoms with Crippen LogP contribution in [0, 0.1) is 0 Å². The zero-order valence-electron chi connectivity index (χ0n) is 11.3. The predicted molar refractivity (Wildman–Crippen MR) is 78.5 cm³/mol. The molecule has 0 spiro atoms. The van der Waals surface area contributed by atoms with Gasteiger partial charge in [-0.2, -0.15) is 17.9 Å². The lowest BCUT2D eigenvalue weighted by Gasteiger charge is -2.10. The number of carbonyl (C=O) groups excluding carboxylic acids is 1. The van der Waals surface area contributed by atoms with Crippen LogP contribution in [-0.4, -0.2) is 26.9 Å². The highest BCUT2D eigenvalue weighted by molar-refractivity contribution is 7.87. The third-order valence-corrected chi connectivity index (χ3v) is 3.77. The van der Waals surface area contributed by atoms with Gasteiger partial charge in [-0.1, -0.05) is 23.7 Å². The Kier molecular flexibility index (Phi) is 6.41. The Morgan fingerprint density at radius 3 is 2.40 bits per heavy atom. The second-order valence-corrected chi connectivity index (χ2v) is 6.47. The Hall–Kier alpha value is -1.15. The molecule has 0 aromatic heterocycles. The van der Waals surface area contributed by atoms with E-state index in [0.717, 1.165) is 5.56 Å². The molecule has 1 rings (SSSR count). The maximum absolute atomic E-state index is 11.5. The number of carbonyl (C=O) groups is 1. The minimum absolute atomic E-state index is 0.232. The van der Waals surface area contributed by atoms with E-state index in [1.165, 1.54) is 0 Å². The summed E-state index contributed by atoms with van der Waals surface area (Å²) in [6, 6.07) is 6.78. The third-order valence-electron chi connectivity index (χ3n) is 2.22. The van der Waals surface area contributed by atoms with E-state index < -0.39 is 16.1 Å². The Balaban J connectivity index is 2.35. The Bertz CT molecular complexity index is 544. The van der Waals surface area contributed by atoms with Crippen LogP contribution >= 0.6 is 11.6 Å². The molecule has 1 amide bonds. The zero-order valence-corrected chi connectivity index (χ0v) is 12.9. The number of hydrogen-bond donors (Lipinski definition) is 3. The monoisotopic (exact) mass is 319 g/mol. The lowest BCUT2D eigenvalue weighted by atomic mass is 10.2. The summed E-state index contributed by atoms with van der Waals surface area (Å²) in [5.74, 6) is -0.408. The number of nitrogens with one attached hydrogen (secondary N) is 3. The molecule has 0 aliphatic carbocycles. The number of amides is 1. The van der Waals surface area contributed by atoms with Gasteiger partial charge in [0.05, 0.1) is 6.54 Å². The molecule has 0 saturated carbocycles. The average Bonchev–Trinajstić information content (AvgIpc) is 2.34. The summed E-state index contributed by atoms with van der Waals surface area (Å²) in [6.07, 6.45) is 0. The summed E-state index contributed by atoms with van der Waals surface area (Å²) < 4.78 is 27.4. The number of benzene rings is 1. The molecule has 1 aromatic rings. The molecule has 0 heterocycles. The fourth-order valence-electron chi connectivity index (χ4n) is 1.38. The van der Waals surface area contributed by atoms with Gasteiger partial charge in [0.1, 0.15) is 0 Å². The summed E-state index contributed by atoms with van der Waals surface area (Å²) in [5, 5.41) is 3.23. The highest BCUT2D eigenvalue weighted by Gasteiger charge is 2.12. The van der Waals surface area contributed by atoms with Crippen molar-refractivity contribution in [3.63, 3.8) is 0 Å². The van der Waals surface area contributed by atoms with E-state index in [2.05, 4.69) is 14.8 Å². The fraction of sp³-hybridized carbons (Fsp3) is 0.417. The molecular formula is C12H18ClN3O3S. The van der Waals surface area contributed by atoms with Crippen LogP contribution in [-0.2, 0) is 21.5 Å². The second kappa shape index (κ2) is 7.58. The van der Waals surface area contributed by atoms with Crippen LogP contribution in [0.1, 0.15) is 19.4 Å². The van der Waals surface area contributed by atoms with E-state index in [9.17, 15) is 13.2 Å². The first-order valence-corrected chi connectivity index (χ1v) is 7.92. The molecule has 0 unspecified atom stereocenters. The zero-order chi connectivity index (χ0) is 15.2. The standard InChI is InChI=1S/C12H18ClN3O3S/c1-9(2)16-20(18,19)15-8-12(17)14-7-10-3-5-11(13)6-4-10/h3-6,9,15-16H,7-8H2,1-2H3,(H,14,17). The minimum Gasteiger partial charge on any atom is -0.351 e. The van der Waals surface area contributed by atoms with E-state index in [1.807, 2.05) is 0 Å². The molecule has 3 N–H and O–H groups in total. The average molecular weight is 320 g/mol. The number of hydrogen-bond acceptors (Lipinski definition) is 3. The number of rotatable bonds is 7. The van der Waals surface area contributed by atoms with Gasteiger partial charge in [0, 0.05) is 17.6 Å². The first-order valence-electron chi connectivity index (χ1n) is 6.06. The van der Waals surface area contributed by atoms with Crippen molar-refractivity contribution in [1.29, 1.82) is 0 Å². The normalized spacial score (nSPS) is 11.6. The molecule has 0 fully saturated rings. The van der Waals surface area contributed by atoms with Crippen LogP contribution in [0.2, 0.25) is 5.02 Å². The van der Waals surface area contributed by atoms with Gasteiger partial charge in [-0.05, 0) is 31.5 Å². The Labute approximate surface area is 124 Å². The molecule has 112 valence electrons. The SMILES string of the molecule is CC(C)NS(=O)(=O)NCC(=O)NCc1ccc(Cl)cc1. The largest absolute Gasteiger partial charge is 0.351 e. The summed E-state index contributed by atoms with van der Waals surface area (Å²) >= 11 is 5.74. The van der Waals surface area contributed by atoms with Crippen LogP contribution in [0.4, 0.5) is 0 Å². The van der Waals surface area contributed by atoms with Crippen LogP contribution in [0.5, 0.6) is 0 Å². The van der Waals surface area contributed by atoms with Gasteiger partial charge in [0.2, 0.25) is 5.91 Å². The molecule has 20 heavy (non-hydrogen) atoms. The molecule has 0 aliphatic heterocycles. The smallest absolute Gasteiger partial charge is 0.277 e. The third kappa shape index (κ3) is 6.85. The maximum atomic E-state index is 11.5. The van der Waals surface area contributed by atoms with Crippen LogP contribution in [0.15, 0.2) is 24.3 Å². The van der Waals surface area contributed by atoms with Crippen molar-refractivity contribution in [3.8, 4) is 0 Å². The molecule has 0 radical (unpaired) electrons. The first kappa shape index (κ1) is 16.9. The second-order valence-electron chi connectivity index (χ2n) is 4.50. The summed E-state index contributed by atoms with van der Waals surface area (Å²) in [5.41, 5.74) is 0.880. The van der Waals surface area contributed by atoms with Gasteiger partial charge < -0.3 is 5.32 Å². The lowest BCUT2D eigenvalue weighted by Crippen LogP contribution is -2.44. The van der Waals surface area contributed by atoms with Crippen molar-refractivity contribution in [3.05, 3.63) is 34.9 Å². The minimum atomic E-state index is -3.64. The van der Waals surface area contributed by atoms with Gasteiger partial charge >= 0.3 is 0 Å². The molecule has 0 atom stereocenters. The Morgan fingerprint density at radius 1 is 1.25 bits per heavy atom. The van der Waals surface area contributed by atoms with Crippen molar-refractivity contribution >= 4 is 27.7 Å². The van der Waals surface area contributed by atoms with E-state index in [-0.39, 0.29) is 12.6 Å². The fourth-order valence-corrected chi connectivity index (χ4v) is 2.53. The summed E-state index contributed by atoms with van der Waals surface area (Å²) in [4.78, 5) is 11.5. The van der Waals surface area contributed by atoms with Crippen molar-refractivity contribution in [1.82, 2.24) is 14.8 Å². The van der Waals surface area contributed by atoms with E-state index in [1.54, 1.807) is 38.1 Å². The molecule has 1 aromatic carbocycles. The van der Waals surface area contributed by atoms with Gasteiger partial charge in [-0.15, -0.1) is 0 Å².